The number of anilines is 2. The van der Waals surface area contributed by atoms with Crippen LogP contribution in [-0.4, -0.2) is 96.2 Å². The van der Waals surface area contributed by atoms with Gasteiger partial charge in [-0.25, -0.2) is 0 Å². The zero-order valence-corrected chi connectivity index (χ0v) is 18.5. The molecule has 172 valence electrons. The molecule has 10 nitrogen and oxygen atoms in total. The van der Waals surface area contributed by atoms with E-state index in [4.69, 9.17) is 4.74 Å². The topological polar surface area (TPSA) is 99.2 Å². The molecule has 0 bridgehead atoms. The molecule has 0 spiro atoms. The van der Waals surface area contributed by atoms with Crippen molar-refractivity contribution in [1.82, 2.24) is 20.0 Å². The molecular formula is C23H26N6O4. The van der Waals surface area contributed by atoms with Gasteiger partial charge in [0.05, 0.1) is 24.3 Å². The lowest BCUT2D eigenvalue weighted by Gasteiger charge is -2.37. The lowest BCUT2D eigenvalue weighted by atomic mass is 10.1. The fourth-order valence-electron chi connectivity index (χ4n) is 4.54. The summed E-state index contributed by atoms with van der Waals surface area (Å²) in [6.45, 7) is 6.79. The largest absolute Gasteiger partial charge is 0.378 e. The van der Waals surface area contributed by atoms with Crippen molar-refractivity contribution in [2.45, 2.75) is 13.0 Å². The van der Waals surface area contributed by atoms with Crippen molar-refractivity contribution >= 4 is 29.4 Å². The van der Waals surface area contributed by atoms with Crippen LogP contribution in [0.2, 0.25) is 0 Å². The smallest absolute Gasteiger partial charge is 0.262 e. The maximum atomic E-state index is 13.1. The highest BCUT2D eigenvalue weighted by Gasteiger charge is 2.42. The van der Waals surface area contributed by atoms with Gasteiger partial charge in [0.15, 0.2) is 11.6 Å². The van der Waals surface area contributed by atoms with Crippen molar-refractivity contribution in [3.8, 4) is 0 Å². The average Bonchev–Trinajstić information content (AvgIpc) is 3.14. The van der Waals surface area contributed by atoms with E-state index in [9.17, 15) is 14.4 Å². The van der Waals surface area contributed by atoms with E-state index in [2.05, 4.69) is 20.0 Å². The van der Waals surface area contributed by atoms with Crippen LogP contribution in [0.5, 0.6) is 0 Å². The molecule has 2 fully saturated rings. The van der Waals surface area contributed by atoms with Crippen molar-refractivity contribution in [2.75, 3.05) is 62.3 Å². The van der Waals surface area contributed by atoms with Gasteiger partial charge in [-0.1, -0.05) is 12.1 Å². The number of amides is 3. The second-order valence-corrected chi connectivity index (χ2v) is 8.36. The number of rotatable bonds is 4. The van der Waals surface area contributed by atoms with E-state index < -0.39 is 17.9 Å². The van der Waals surface area contributed by atoms with Gasteiger partial charge < -0.3 is 19.4 Å². The average molecular weight is 450 g/mol. The third kappa shape index (κ3) is 3.91. The molecule has 33 heavy (non-hydrogen) atoms. The minimum Gasteiger partial charge on any atom is -0.378 e. The third-order valence-electron chi connectivity index (χ3n) is 6.46. The van der Waals surface area contributed by atoms with Gasteiger partial charge in [0.25, 0.3) is 11.8 Å². The number of benzene rings is 1. The van der Waals surface area contributed by atoms with Gasteiger partial charge in [0.2, 0.25) is 5.91 Å². The Bertz CT molecular complexity index is 1030. The Balaban J connectivity index is 1.19. The molecule has 10 heteroatoms. The molecular weight excluding hydrogens is 424 g/mol. The van der Waals surface area contributed by atoms with Crippen LogP contribution in [-0.2, 0) is 9.53 Å². The first kappa shape index (κ1) is 21.3. The number of piperazine rings is 1. The number of aromatic nitrogens is 2. The van der Waals surface area contributed by atoms with Crippen molar-refractivity contribution < 1.29 is 19.1 Å². The number of carbonyl (C=O) groups excluding carboxylic acids is 3. The second kappa shape index (κ2) is 8.78. The second-order valence-electron chi connectivity index (χ2n) is 8.36. The summed E-state index contributed by atoms with van der Waals surface area (Å²) < 4.78 is 5.38. The Morgan fingerprint density at radius 1 is 0.818 bits per heavy atom. The van der Waals surface area contributed by atoms with Crippen molar-refractivity contribution in [2.24, 2.45) is 0 Å². The van der Waals surface area contributed by atoms with Crippen LogP contribution in [0, 0.1) is 0 Å². The Morgan fingerprint density at radius 3 is 1.85 bits per heavy atom. The highest BCUT2D eigenvalue weighted by Crippen LogP contribution is 2.25. The van der Waals surface area contributed by atoms with Crippen LogP contribution < -0.4 is 9.80 Å². The molecule has 2 saturated heterocycles. The Labute approximate surface area is 191 Å². The van der Waals surface area contributed by atoms with Gasteiger partial charge in [-0.05, 0) is 31.2 Å². The van der Waals surface area contributed by atoms with Gasteiger partial charge >= 0.3 is 0 Å². The fraction of sp³-hybridized carbons (Fsp3) is 0.435. The summed E-state index contributed by atoms with van der Waals surface area (Å²) in [5.41, 5.74) is 0.706. The van der Waals surface area contributed by atoms with E-state index in [0.717, 1.165) is 29.6 Å². The molecule has 3 aliphatic heterocycles. The molecule has 0 N–H and O–H groups in total. The van der Waals surface area contributed by atoms with Crippen LogP contribution in [0.1, 0.15) is 27.6 Å². The van der Waals surface area contributed by atoms with Crippen LogP contribution in [0.3, 0.4) is 0 Å². The van der Waals surface area contributed by atoms with Crippen LogP contribution in [0.4, 0.5) is 11.6 Å². The number of morpholine rings is 1. The summed E-state index contributed by atoms with van der Waals surface area (Å²) in [6.07, 6.45) is 0. The van der Waals surface area contributed by atoms with Crippen molar-refractivity contribution in [3.63, 3.8) is 0 Å². The first-order valence-corrected chi connectivity index (χ1v) is 11.2. The summed E-state index contributed by atoms with van der Waals surface area (Å²) in [7, 11) is 0. The molecule has 3 aliphatic rings. The number of nitrogens with zero attached hydrogens (tertiary/aromatic N) is 6. The number of hydrogen-bond donors (Lipinski definition) is 0. The number of fused-ring (bicyclic) bond motifs is 1. The minimum absolute atomic E-state index is 0.224. The molecule has 0 saturated carbocycles. The van der Waals surface area contributed by atoms with Crippen LogP contribution in [0.15, 0.2) is 36.4 Å². The lowest BCUT2D eigenvalue weighted by Crippen LogP contribution is -2.55. The number of imide groups is 1. The zero-order chi connectivity index (χ0) is 22.9. The molecule has 0 radical (unpaired) electrons. The van der Waals surface area contributed by atoms with Gasteiger partial charge in [-0.2, -0.15) is 0 Å². The van der Waals surface area contributed by atoms with E-state index in [1.54, 1.807) is 36.1 Å². The molecule has 4 heterocycles. The van der Waals surface area contributed by atoms with Gasteiger partial charge in [0, 0.05) is 39.3 Å². The first-order chi connectivity index (χ1) is 16.0. The Kier molecular flexibility index (Phi) is 5.67. The molecule has 1 unspecified atom stereocenters. The van der Waals surface area contributed by atoms with Gasteiger partial charge in [-0.15, -0.1) is 10.2 Å². The zero-order valence-electron chi connectivity index (χ0n) is 18.5. The highest BCUT2D eigenvalue weighted by molar-refractivity contribution is 6.22. The summed E-state index contributed by atoms with van der Waals surface area (Å²) in [5, 5.41) is 8.75. The number of carbonyl (C=O) groups is 3. The Morgan fingerprint density at radius 2 is 1.33 bits per heavy atom. The normalized spacial score (nSPS) is 19.7. The molecule has 1 aromatic carbocycles. The fourth-order valence-corrected chi connectivity index (χ4v) is 4.54. The Hall–Kier alpha value is -3.53. The maximum absolute atomic E-state index is 13.1. The number of hydrogen-bond acceptors (Lipinski definition) is 8. The highest BCUT2D eigenvalue weighted by atomic mass is 16.5. The molecule has 2 aromatic rings. The predicted octanol–water partition coefficient (Wildman–Crippen LogP) is 0.647. The van der Waals surface area contributed by atoms with E-state index in [-0.39, 0.29) is 5.91 Å². The summed E-state index contributed by atoms with van der Waals surface area (Å²) in [6, 6.07) is 9.75. The van der Waals surface area contributed by atoms with Crippen LogP contribution >= 0.6 is 0 Å². The third-order valence-corrected chi connectivity index (χ3v) is 6.46. The van der Waals surface area contributed by atoms with Crippen molar-refractivity contribution in [1.29, 1.82) is 0 Å². The maximum Gasteiger partial charge on any atom is 0.262 e. The minimum atomic E-state index is -0.850. The standard InChI is InChI=1S/C23H26N6O4/c1-16(29-22(31)17-4-2-3-5-18(17)23(29)32)21(30)28-10-8-26(9-11-28)19-6-7-20(25-24-19)27-12-14-33-15-13-27/h2-7,16H,8-15H2,1H3. The SMILES string of the molecule is CC(C(=O)N1CCN(c2ccc(N3CCOCC3)nn2)CC1)N1C(=O)c2ccccc2C1=O. The lowest BCUT2D eigenvalue weighted by molar-refractivity contribution is -0.135. The summed E-state index contributed by atoms with van der Waals surface area (Å²) >= 11 is 0. The van der Waals surface area contributed by atoms with E-state index in [1.807, 2.05) is 12.1 Å². The quantitative estimate of drug-likeness (QED) is 0.626. The molecule has 1 aromatic heterocycles. The summed E-state index contributed by atoms with van der Waals surface area (Å²) in [5.74, 6) is 0.562. The molecule has 0 aliphatic carbocycles. The predicted molar refractivity (Wildman–Crippen MR) is 120 cm³/mol. The molecule has 5 rings (SSSR count). The molecule has 3 amide bonds. The van der Waals surface area contributed by atoms with E-state index in [1.165, 1.54) is 0 Å². The van der Waals surface area contributed by atoms with Crippen LogP contribution in [0.25, 0.3) is 0 Å². The van der Waals surface area contributed by atoms with Gasteiger partial charge in [-0.3, -0.25) is 19.3 Å². The monoisotopic (exact) mass is 450 g/mol. The van der Waals surface area contributed by atoms with Gasteiger partial charge in [0.1, 0.15) is 6.04 Å². The molecule has 1 atom stereocenters. The number of ether oxygens (including phenoxy) is 1. The first-order valence-electron chi connectivity index (χ1n) is 11.2. The van der Waals surface area contributed by atoms with E-state index >= 15 is 0 Å². The van der Waals surface area contributed by atoms with Crippen molar-refractivity contribution in [3.05, 3.63) is 47.5 Å². The van der Waals surface area contributed by atoms with E-state index in [0.29, 0.717) is 50.5 Å². The summed E-state index contributed by atoms with van der Waals surface area (Å²) in [4.78, 5) is 45.6.